The molecule has 3 aromatic rings. The van der Waals surface area contributed by atoms with Gasteiger partial charge in [-0.25, -0.2) is 4.79 Å². The molecule has 0 amide bonds. The molecule has 148 valence electrons. The Morgan fingerprint density at radius 1 is 1.14 bits per heavy atom. The van der Waals surface area contributed by atoms with Crippen molar-refractivity contribution in [2.24, 2.45) is 0 Å². The van der Waals surface area contributed by atoms with Gasteiger partial charge in [0.15, 0.2) is 0 Å². The average Bonchev–Trinajstić information content (AvgIpc) is 2.71. The number of aromatic hydroxyl groups is 1. The van der Waals surface area contributed by atoms with E-state index in [1.54, 1.807) is 37.3 Å². The van der Waals surface area contributed by atoms with E-state index in [2.05, 4.69) is 0 Å². The summed E-state index contributed by atoms with van der Waals surface area (Å²) in [5.74, 6) is -1.27. The molecule has 0 saturated carbocycles. The highest BCUT2D eigenvalue weighted by Gasteiger charge is 2.23. The monoisotopic (exact) mass is 394 g/mol. The van der Waals surface area contributed by atoms with Gasteiger partial charge >= 0.3 is 5.97 Å². The van der Waals surface area contributed by atoms with E-state index in [-0.39, 0.29) is 30.0 Å². The first-order valence-electron chi connectivity index (χ1n) is 8.85. The van der Waals surface area contributed by atoms with E-state index in [1.807, 2.05) is 0 Å². The molecule has 29 heavy (non-hydrogen) atoms. The molecule has 1 heterocycles. The lowest BCUT2D eigenvalue weighted by Crippen LogP contribution is -2.23. The summed E-state index contributed by atoms with van der Waals surface area (Å²) < 4.78 is 6.10. The maximum atomic E-state index is 12.7. The van der Waals surface area contributed by atoms with Crippen molar-refractivity contribution in [3.63, 3.8) is 0 Å². The Kier molecular flexibility index (Phi) is 5.73. The number of benzene rings is 2. The molecule has 0 aliphatic carbocycles. The van der Waals surface area contributed by atoms with Crippen LogP contribution in [-0.4, -0.2) is 27.2 Å². The number of hydrogen-bond donors (Lipinski definition) is 1. The van der Waals surface area contributed by atoms with Crippen LogP contribution in [0, 0.1) is 10.1 Å². The molecule has 0 spiro atoms. The van der Waals surface area contributed by atoms with Crippen LogP contribution in [0.5, 0.6) is 5.88 Å². The second kappa shape index (κ2) is 8.39. The minimum atomic E-state index is -0.749. The second-order valence-electron chi connectivity index (χ2n) is 6.19. The van der Waals surface area contributed by atoms with Gasteiger partial charge in [-0.15, -0.1) is 0 Å². The number of non-ortho nitro benzene ring substituents is 1. The Labute approximate surface area is 165 Å². The Morgan fingerprint density at radius 3 is 2.38 bits per heavy atom. The van der Waals surface area contributed by atoms with E-state index in [9.17, 15) is 24.8 Å². The molecule has 0 radical (unpaired) electrons. The fourth-order valence-corrected chi connectivity index (χ4v) is 2.94. The summed E-state index contributed by atoms with van der Waals surface area (Å²) in [4.78, 5) is 35.5. The number of carbonyl (C=O) groups is 1. The topological polar surface area (TPSA) is 112 Å². The van der Waals surface area contributed by atoms with Crippen LogP contribution in [0.2, 0.25) is 0 Å². The Hall–Kier alpha value is -3.94. The Balaban J connectivity index is 2.11. The van der Waals surface area contributed by atoms with Crippen LogP contribution < -0.4 is 5.56 Å². The first-order chi connectivity index (χ1) is 13.9. The molecule has 0 bridgehead atoms. The van der Waals surface area contributed by atoms with E-state index >= 15 is 0 Å². The van der Waals surface area contributed by atoms with Crippen molar-refractivity contribution in [1.29, 1.82) is 0 Å². The van der Waals surface area contributed by atoms with Crippen molar-refractivity contribution in [3.8, 4) is 17.0 Å². The first kappa shape index (κ1) is 19.8. The first-order valence-corrected chi connectivity index (χ1v) is 8.85. The van der Waals surface area contributed by atoms with Gasteiger partial charge in [0.2, 0.25) is 5.88 Å². The normalized spacial score (nSPS) is 10.5. The molecular weight excluding hydrogens is 376 g/mol. The molecule has 0 saturated heterocycles. The quantitative estimate of drug-likeness (QED) is 0.390. The fourth-order valence-electron chi connectivity index (χ4n) is 2.94. The molecule has 0 aliphatic rings. The standard InChI is InChI=1S/C21H18N2O6/c1-2-29-21(26)19-17(15-6-4-3-5-7-15)12-18(24)22(20(19)25)13-14-8-10-16(11-9-14)23(27)28/h3-12,25H,2,13H2,1H3. The van der Waals surface area contributed by atoms with E-state index in [4.69, 9.17) is 4.74 Å². The van der Waals surface area contributed by atoms with E-state index in [0.717, 1.165) is 4.57 Å². The SMILES string of the molecule is CCOC(=O)c1c(-c2ccccc2)cc(=O)n(Cc2ccc([N+](=O)[O-])cc2)c1O. The molecule has 1 aromatic heterocycles. The summed E-state index contributed by atoms with van der Waals surface area (Å²) in [7, 11) is 0. The van der Waals surface area contributed by atoms with Crippen molar-refractivity contribution in [2.45, 2.75) is 13.5 Å². The molecule has 0 atom stereocenters. The van der Waals surface area contributed by atoms with Gasteiger partial charge in [-0.1, -0.05) is 42.5 Å². The van der Waals surface area contributed by atoms with E-state index in [1.165, 1.54) is 30.3 Å². The number of nitro groups is 1. The van der Waals surface area contributed by atoms with Crippen LogP contribution in [0.15, 0.2) is 65.5 Å². The molecule has 0 fully saturated rings. The van der Waals surface area contributed by atoms with Gasteiger partial charge in [-0.05, 0) is 18.1 Å². The third kappa shape index (κ3) is 4.16. The summed E-state index contributed by atoms with van der Waals surface area (Å²) in [6, 6.07) is 15.6. The van der Waals surface area contributed by atoms with Crippen LogP contribution in [0.4, 0.5) is 5.69 Å². The maximum absolute atomic E-state index is 12.7. The molecule has 8 heteroatoms. The summed E-state index contributed by atoms with van der Waals surface area (Å²) in [6.07, 6.45) is 0. The van der Waals surface area contributed by atoms with E-state index in [0.29, 0.717) is 11.1 Å². The highest BCUT2D eigenvalue weighted by Crippen LogP contribution is 2.30. The predicted molar refractivity (Wildman–Crippen MR) is 106 cm³/mol. The Bertz CT molecular complexity index is 1100. The van der Waals surface area contributed by atoms with Crippen molar-refractivity contribution < 1.29 is 19.6 Å². The molecule has 0 unspecified atom stereocenters. The number of hydrogen-bond acceptors (Lipinski definition) is 6. The van der Waals surface area contributed by atoms with Gasteiger partial charge in [0.05, 0.1) is 18.1 Å². The molecular formula is C21H18N2O6. The summed E-state index contributed by atoms with van der Waals surface area (Å²) in [6.45, 7) is 1.68. The lowest BCUT2D eigenvalue weighted by atomic mass is 10.0. The number of aromatic nitrogens is 1. The highest BCUT2D eigenvalue weighted by molar-refractivity contribution is 5.99. The average molecular weight is 394 g/mol. The largest absolute Gasteiger partial charge is 0.494 e. The number of esters is 1. The molecule has 3 rings (SSSR count). The number of nitro benzene ring substituents is 1. The lowest BCUT2D eigenvalue weighted by molar-refractivity contribution is -0.384. The van der Waals surface area contributed by atoms with Crippen LogP contribution in [0.25, 0.3) is 11.1 Å². The van der Waals surface area contributed by atoms with Gasteiger partial charge < -0.3 is 9.84 Å². The fraction of sp³-hybridized carbons (Fsp3) is 0.143. The number of rotatable bonds is 6. The van der Waals surface area contributed by atoms with Gasteiger partial charge in [-0.2, -0.15) is 0 Å². The maximum Gasteiger partial charge on any atom is 0.344 e. The molecule has 1 N–H and O–H groups in total. The summed E-state index contributed by atoms with van der Waals surface area (Å²) in [5.41, 5.74) is 0.691. The number of nitrogens with zero attached hydrogens (tertiary/aromatic N) is 2. The number of ether oxygens (including phenoxy) is 1. The van der Waals surface area contributed by atoms with Crippen LogP contribution in [0.3, 0.4) is 0 Å². The smallest absolute Gasteiger partial charge is 0.344 e. The third-order valence-electron chi connectivity index (χ3n) is 4.33. The molecule has 0 aliphatic heterocycles. The second-order valence-corrected chi connectivity index (χ2v) is 6.19. The third-order valence-corrected chi connectivity index (χ3v) is 4.33. The van der Waals surface area contributed by atoms with Crippen molar-refractivity contribution in [2.75, 3.05) is 6.61 Å². The number of carbonyl (C=O) groups excluding carboxylic acids is 1. The predicted octanol–water partition coefficient (Wildman–Crippen LogP) is 3.35. The zero-order valence-corrected chi connectivity index (χ0v) is 15.6. The zero-order chi connectivity index (χ0) is 21.0. The van der Waals surface area contributed by atoms with Crippen LogP contribution >= 0.6 is 0 Å². The van der Waals surface area contributed by atoms with Crippen molar-refractivity contribution in [3.05, 3.63) is 92.3 Å². The van der Waals surface area contributed by atoms with Crippen molar-refractivity contribution >= 4 is 11.7 Å². The van der Waals surface area contributed by atoms with Gasteiger partial charge in [0.25, 0.3) is 11.2 Å². The van der Waals surface area contributed by atoms with E-state index < -0.39 is 22.3 Å². The van der Waals surface area contributed by atoms with Crippen LogP contribution in [-0.2, 0) is 11.3 Å². The number of pyridine rings is 1. The minimum absolute atomic E-state index is 0.0653. The lowest BCUT2D eigenvalue weighted by Gasteiger charge is -2.16. The summed E-state index contributed by atoms with van der Waals surface area (Å²) in [5, 5.41) is 21.6. The van der Waals surface area contributed by atoms with Crippen LogP contribution in [0.1, 0.15) is 22.8 Å². The van der Waals surface area contributed by atoms with Gasteiger partial charge in [-0.3, -0.25) is 19.5 Å². The Morgan fingerprint density at radius 2 is 1.79 bits per heavy atom. The molecule has 2 aromatic carbocycles. The van der Waals surface area contributed by atoms with Crippen molar-refractivity contribution in [1.82, 2.24) is 4.57 Å². The molecule has 8 nitrogen and oxygen atoms in total. The summed E-state index contributed by atoms with van der Waals surface area (Å²) >= 11 is 0. The minimum Gasteiger partial charge on any atom is -0.494 e. The van der Waals surface area contributed by atoms with Gasteiger partial charge in [0.1, 0.15) is 5.56 Å². The van der Waals surface area contributed by atoms with Gasteiger partial charge in [0, 0.05) is 23.8 Å². The zero-order valence-electron chi connectivity index (χ0n) is 15.6. The highest BCUT2D eigenvalue weighted by atomic mass is 16.6.